The third-order valence-electron chi connectivity index (χ3n) is 4.75. The fourth-order valence-corrected chi connectivity index (χ4v) is 3.42. The molecule has 3 rings (SSSR count). The smallest absolute Gasteiger partial charge is 0.269 e. The molecule has 25 heavy (non-hydrogen) atoms. The van der Waals surface area contributed by atoms with Crippen LogP contribution >= 0.6 is 0 Å². The number of amides is 1. The summed E-state index contributed by atoms with van der Waals surface area (Å²) >= 11 is 0. The Bertz CT molecular complexity index is 799. The molecule has 0 bridgehead atoms. The molecule has 0 saturated heterocycles. The number of aryl methyl sites for hydroxylation is 2. The summed E-state index contributed by atoms with van der Waals surface area (Å²) in [5.41, 5.74) is 3.01. The van der Waals surface area contributed by atoms with Gasteiger partial charge in [-0.1, -0.05) is 12.1 Å². The summed E-state index contributed by atoms with van der Waals surface area (Å²) in [7, 11) is 3.68. The van der Waals surface area contributed by atoms with Crippen molar-refractivity contribution in [1.82, 2.24) is 14.7 Å². The van der Waals surface area contributed by atoms with Crippen LogP contribution in [0, 0.1) is 10.1 Å². The first kappa shape index (κ1) is 17.1. The largest absolute Gasteiger partial charge is 0.345 e. The van der Waals surface area contributed by atoms with Gasteiger partial charge in [0, 0.05) is 44.5 Å². The van der Waals surface area contributed by atoms with Gasteiger partial charge in [0.1, 0.15) is 0 Å². The van der Waals surface area contributed by atoms with Crippen molar-refractivity contribution in [3.8, 4) is 0 Å². The molecule has 0 unspecified atom stereocenters. The van der Waals surface area contributed by atoms with Gasteiger partial charge in [0.25, 0.3) is 5.69 Å². The highest BCUT2D eigenvalue weighted by molar-refractivity contribution is 5.84. The number of carbonyl (C=O) groups excluding carboxylic acids is 1. The lowest BCUT2D eigenvalue weighted by molar-refractivity contribution is -0.384. The van der Waals surface area contributed by atoms with Crippen LogP contribution in [0.2, 0.25) is 0 Å². The summed E-state index contributed by atoms with van der Waals surface area (Å²) in [6.07, 6.45) is 5.29. The van der Waals surface area contributed by atoms with Gasteiger partial charge in [-0.2, -0.15) is 5.10 Å². The first-order valence-corrected chi connectivity index (χ1v) is 8.46. The molecular formula is C18H22N4O3. The summed E-state index contributed by atoms with van der Waals surface area (Å²) in [5, 5.41) is 15.3. The maximum Gasteiger partial charge on any atom is 0.269 e. The number of benzene rings is 1. The van der Waals surface area contributed by atoms with E-state index >= 15 is 0 Å². The Balaban J connectivity index is 1.66. The topological polar surface area (TPSA) is 81.3 Å². The second-order valence-electron chi connectivity index (χ2n) is 6.59. The van der Waals surface area contributed by atoms with Gasteiger partial charge in [0.15, 0.2) is 0 Å². The Labute approximate surface area is 146 Å². The fourth-order valence-electron chi connectivity index (χ4n) is 3.42. The van der Waals surface area contributed by atoms with Crippen LogP contribution in [0.25, 0.3) is 0 Å². The highest BCUT2D eigenvalue weighted by Crippen LogP contribution is 2.32. The summed E-state index contributed by atoms with van der Waals surface area (Å²) < 4.78 is 1.78. The van der Waals surface area contributed by atoms with Crippen molar-refractivity contribution in [2.45, 2.75) is 31.6 Å². The molecule has 1 aliphatic rings. The number of aromatic nitrogens is 2. The number of rotatable bonds is 5. The van der Waals surface area contributed by atoms with E-state index in [2.05, 4.69) is 5.10 Å². The summed E-state index contributed by atoms with van der Waals surface area (Å²) in [6.45, 7) is 0.534. The monoisotopic (exact) mass is 342 g/mol. The fraction of sp³-hybridized carbons (Fsp3) is 0.444. The molecule has 0 N–H and O–H groups in total. The minimum absolute atomic E-state index is 0.0822. The van der Waals surface area contributed by atoms with E-state index in [0.717, 1.165) is 36.1 Å². The second-order valence-corrected chi connectivity index (χ2v) is 6.59. The molecule has 0 fully saturated rings. The number of nitro groups is 1. The predicted molar refractivity (Wildman–Crippen MR) is 93.3 cm³/mol. The lowest BCUT2D eigenvalue weighted by Gasteiger charge is -2.26. The Morgan fingerprint density at radius 2 is 2.28 bits per heavy atom. The van der Waals surface area contributed by atoms with Crippen LogP contribution in [0.3, 0.4) is 0 Å². The molecule has 0 saturated carbocycles. The van der Waals surface area contributed by atoms with E-state index in [4.69, 9.17) is 0 Å². The zero-order valence-electron chi connectivity index (χ0n) is 14.5. The lowest BCUT2D eigenvalue weighted by Crippen LogP contribution is -2.34. The van der Waals surface area contributed by atoms with Gasteiger partial charge >= 0.3 is 0 Å². The standard InChI is InChI=1S/C18H22N4O3/c1-20(10-9-13-5-3-6-14(11-13)22(24)25)18(23)15-7-4-8-17-16(15)12-21(2)19-17/h3,5-6,11-12,15H,4,7-10H2,1-2H3/t15-/m0/s1. The van der Waals surface area contributed by atoms with Crippen LogP contribution in [0.5, 0.6) is 0 Å². The van der Waals surface area contributed by atoms with Crippen molar-refractivity contribution >= 4 is 11.6 Å². The molecule has 1 amide bonds. The first-order valence-electron chi connectivity index (χ1n) is 8.46. The van der Waals surface area contributed by atoms with E-state index in [-0.39, 0.29) is 17.5 Å². The van der Waals surface area contributed by atoms with Crippen molar-refractivity contribution in [2.75, 3.05) is 13.6 Å². The highest BCUT2D eigenvalue weighted by Gasteiger charge is 2.30. The van der Waals surface area contributed by atoms with Crippen molar-refractivity contribution < 1.29 is 9.72 Å². The van der Waals surface area contributed by atoms with E-state index in [1.807, 2.05) is 19.3 Å². The number of hydrogen-bond acceptors (Lipinski definition) is 4. The minimum atomic E-state index is -0.398. The molecule has 2 aromatic rings. The Hall–Kier alpha value is -2.70. The maximum absolute atomic E-state index is 12.8. The normalized spacial score (nSPS) is 16.3. The Morgan fingerprint density at radius 3 is 3.04 bits per heavy atom. The van der Waals surface area contributed by atoms with Crippen LogP contribution in [-0.2, 0) is 24.7 Å². The molecule has 1 aliphatic carbocycles. The predicted octanol–water partition coefficient (Wildman–Crippen LogP) is 2.45. The van der Waals surface area contributed by atoms with Gasteiger partial charge < -0.3 is 4.90 Å². The Kier molecular flexibility index (Phi) is 4.83. The highest BCUT2D eigenvalue weighted by atomic mass is 16.6. The molecule has 132 valence electrons. The van der Waals surface area contributed by atoms with Gasteiger partial charge in [-0.15, -0.1) is 0 Å². The number of hydrogen-bond donors (Lipinski definition) is 0. The Morgan fingerprint density at radius 1 is 1.48 bits per heavy atom. The van der Waals surface area contributed by atoms with Crippen LogP contribution < -0.4 is 0 Å². The summed E-state index contributed by atoms with van der Waals surface area (Å²) in [6, 6.07) is 6.58. The SMILES string of the molecule is CN(CCc1cccc([N+](=O)[O-])c1)C(=O)[C@H]1CCCc2nn(C)cc21. The molecule has 1 aromatic heterocycles. The number of nitro benzene ring substituents is 1. The molecule has 0 radical (unpaired) electrons. The number of nitrogens with zero attached hydrogens (tertiary/aromatic N) is 4. The number of carbonyl (C=O) groups is 1. The average Bonchev–Trinajstić information content (AvgIpc) is 2.99. The summed E-state index contributed by atoms with van der Waals surface area (Å²) in [5.74, 6) is -0.0352. The van der Waals surface area contributed by atoms with Crippen molar-refractivity contribution in [1.29, 1.82) is 0 Å². The molecule has 1 atom stereocenters. The van der Waals surface area contributed by atoms with Crippen LogP contribution in [-0.4, -0.2) is 39.1 Å². The molecule has 7 nitrogen and oxygen atoms in total. The number of fused-ring (bicyclic) bond motifs is 1. The van der Waals surface area contributed by atoms with Crippen LogP contribution in [0.1, 0.15) is 35.6 Å². The van der Waals surface area contributed by atoms with Gasteiger partial charge in [-0.25, -0.2) is 0 Å². The lowest BCUT2D eigenvalue weighted by atomic mass is 9.86. The quantitative estimate of drug-likeness (QED) is 0.617. The van der Waals surface area contributed by atoms with E-state index in [0.29, 0.717) is 13.0 Å². The first-order chi connectivity index (χ1) is 12.0. The maximum atomic E-state index is 12.8. The van der Waals surface area contributed by atoms with Crippen molar-refractivity contribution in [3.63, 3.8) is 0 Å². The minimum Gasteiger partial charge on any atom is -0.345 e. The number of non-ortho nitro benzene ring substituents is 1. The summed E-state index contributed by atoms with van der Waals surface area (Å²) in [4.78, 5) is 25.0. The van der Waals surface area contributed by atoms with E-state index in [1.165, 1.54) is 6.07 Å². The van der Waals surface area contributed by atoms with Gasteiger partial charge in [0.05, 0.1) is 16.5 Å². The van der Waals surface area contributed by atoms with E-state index < -0.39 is 4.92 Å². The molecule has 7 heteroatoms. The third-order valence-corrected chi connectivity index (χ3v) is 4.75. The molecule has 1 heterocycles. The second kappa shape index (κ2) is 7.04. The van der Waals surface area contributed by atoms with E-state index in [1.54, 1.807) is 28.8 Å². The molecule has 1 aromatic carbocycles. The molecule has 0 spiro atoms. The molecule has 0 aliphatic heterocycles. The van der Waals surface area contributed by atoms with Crippen LogP contribution in [0.15, 0.2) is 30.5 Å². The van der Waals surface area contributed by atoms with Gasteiger partial charge in [-0.3, -0.25) is 19.6 Å². The zero-order valence-corrected chi connectivity index (χ0v) is 14.5. The van der Waals surface area contributed by atoms with Gasteiger partial charge in [0.2, 0.25) is 5.91 Å². The molecular weight excluding hydrogens is 320 g/mol. The zero-order chi connectivity index (χ0) is 18.0. The van der Waals surface area contributed by atoms with Crippen molar-refractivity contribution in [2.24, 2.45) is 7.05 Å². The van der Waals surface area contributed by atoms with E-state index in [9.17, 15) is 14.9 Å². The number of likely N-dealkylation sites (N-methyl/N-ethyl adjacent to an activating group) is 1. The van der Waals surface area contributed by atoms with Crippen LogP contribution in [0.4, 0.5) is 5.69 Å². The van der Waals surface area contributed by atoms with Gasteiger partial charge in [-0.05, 0) is 31.2 Å². The third kappa shape index (κ3) is 3.70. The van der Waals surface area contributed by atoms with Crippen molar-refractivity contribution in [3.05, 3.63) is 57.4 Å². The average molecular weight is 342 g/mol.